The van der Waals surface area contributed by atoms with Gasteiger partial charge in [-0.25, -0.2) is 18.4 Å². The molecule has 186 valence electrons. The maximum absolute atomic E-state index is 12.8. The highest BCUT2D eigenvalue weighted by molar-refractivity contribution is 7.90. The fourth-order valence-corrected chi connectivity index (χ4v) is 5.23. The summed E-state index contributed by atoms with van der Waals surface area (Å²) in [6, 6.07) is 7.85. The Bertz CT molecular complexity index is 1330. The molecule has 3 N–H and O–H groups in total. The number of hydrogen-bond donors (Lipinski definition) is 3. The van der Waals surface area contributed by atoms with Crippen molar-refractivity contribution < 1.29 is 17.9 Å². The van der Waals surface area contributed by atoms with Gasteiger partial charge >= 0.3 is 0 Å². The van der Waals surface area contributed by atoms with Gasteiger partial charge in [0.2, 0.25) is 5.91 Å². The first-order chi connectivity index (χ1) is 16.9. The number of benzene rings is 1. The van der Waals surface area contributed by atoms with E-state index in [0.717, 1.165) is 53.2 Å². The first kappa shape index (κ1) is 23.6. The first-order valence-electron chi connectivity index (χ1n) is 12.2. The minimum absolute atomic E-state index is 0.0383. The molecule has 9 nitrogen and oxygen atoms in total. The highest BCUT2D eigenvalue weighted by Crippen LogP contribution is 2.37. The molecule has 2 aromatic heterocycles. The van der Waals surface area contributed by atoms with Gasteiger partial charge in [-0.3, -0.25) is 4.79 Å². The van der Waals surface area contributed by atoms with Gasteiger partial charge in [-0.1, -0.05) is 12.1 Å². The number of carbonyl (C=O) groups is 1. The van der Waals surface area contributed by atoms with Crippen molar-refractivity contribution >= 4 is 38.3 Å². The summed E-state index contributed by atoms with van der Waals surface area (Å²) in [5, 5.41) is 7.25. The lowest BCUT2D eigenvalue weighted by molar-refractivity contribution is -0.125. The van der Waals surface area contributed by atoms with Crippen molar-refractivity contribution in [2.75, 3.05) is 30.5 Å². The molecule has 35 heavy (non-hydrogen) atoms. The van der Waals surface area contributed by atoms with E-state index in [1.165, 1.54) is 25.4 Å². The Hall–Kier alpha value is -3.14. The molecule has 0 aliphatic heterocycles. The normalized spacial score (nSPS) is 17.7. The van der Waals surface area contributed by atoms with Gasteiger partial charge in [-0.05, 0) is 62.1 Å². The zero-order valence-electron chi connectivity index (χ0n) is 19.8. The van der Waals surface area contributed by atoms with Crippen LogP contribution in [-0.4, -0.2) is 54.4 Å². The van der Waals surface area contributed by atoms with Gasteiger partial charge in [0.05, 0.1) is 23.4 Å². The van der Waals surface area contributed by atoms with Crippen LogP contribution >= 0.6 is 0 Å². The van der Waals surface area contributed by atoms with Gasteiger partial charge in [0.15, 0.2) is 0 Å². The van der Waals surface area contributed by atoms with Crippen molar-refractivity contribution in [2.45, 2.75) is 38.5 Å². The molecule has 1 amide bonds. The van der Waals surface area contributed by atoms with Crippen LogP contribution in [0.4, 0.5) is 11.5 Å². The zero-order valence-corrected chi connectivity index (χ0v) is 20.7. The molecule has 0 bridgehead atoms. The molecular weight excluding hydrogens is 466 g/mol. The summed E-state index contributed by atoms with van der Waals surface area (Å²) in [6.45, 7) is 1.08. The summed E-state index contributed by atoms with van der Waals surface area (Å²) >= 11 is 0. The summed E-state index contributed by atoms with van der Waals surface area (Å²) in [6.07, 6.45) is 7.66. The van der Waals surface area contributed by atoms with Crippen molar-refractivity contribution in [3.05, 3.63) is 41.9 Å². The van der Waals surface area contributed by atoms with Crippen molar-refractivity contribution in [1.29, 1.82) is 0 Å². The maximum atomic E-state index is 12.8. The van der Waals surface area contributed by atoms with Gasteiger partial charge < -0.3 is 20.4 Å². The van der Waals surface area contributed by atoms with E-state index >= 15 is 0 Å². The molecule has 2 aliphatic carbocycles. The van der Waals surface area contributed by atoms with E-state index in [9.17, 15) is 13.2 Å². The van der Waals surface area contributed by atoms with Gasteiger partial charge in [0.25, 0.3) is 0 Å². The Kier molecular flexibility index (Phi) is 6.64. The van der Waals surface area contributed by atoms with Gasteiger partial charge in [0, 0.05) is 24.4 Å². The van der Waals surface area contributed by atoms with Crippen LogP contribution in [0.3, 0.4) is 0 Å². The van der Waals surface area contributed by atoms with E-state index < -0.39 is 9.84 Å². The number of aryl methyl sites for hydroxylation is 1. The zero-order chi connectivity index (χ0) is 24.4. The Morgan fingerprint density at radius 3 is 2.83 bits per heavy atom. The molecule has 2 aliphatic rings. The van der Waals surface area contributed by atoms with Crippen LogP contribution in [0.2, 0.25) is 0 Å². The first-order valence-corrected chi connectivity index (χ1v) is 14.2. The fourth-order valence-electron chi connectivity index (χ4n) is 4.57. The van der Waals surface area contributed by atoms with Crippen LogP contribution in [0.25, 0.3) is 11.0 Å². The molecule has 1 saturated carbocycles. The molecule has 10 heteroatoms. The van der Waals surface area contributed by atoms with Crippen LogP contribution in [0.5, 0.6) is 5.75 Å². The Balaban J connectivity index is 1.33. The molecule has 3 aromatic rings. The van der Waals surface area contributed by atoms with E-state index in [0.29, 0.717) is 31.1 Å². The predicted molar refractivity (Wildman–Crippen MR) is 135 cm³/mol. The van der Waals surface area contributed by atoms with Crippen molar-refractivity contribution in [2.24, 2.45) is 11.8 Å². The standard InChI is InChI=1S/C25H31N5O4S/c1-35(32,33)12-4-11-26-25(31)17-9-10-19-18(13-17)22-23(29-19)27-15-28-24(22)30-20-5-2-3-6-21(20)34-14-16-7-8-16/h2-3,5-6,15-17H,4,7-14H2,1H3,(H,26,31)(H2,27,28,29,30). The second-order valence-electron chi connectivity index (χ2n) is 9.62. The third-order valence-corrected chi connectivity index (χ3v) is 7.68. The Labute approximate surface area is 205 Å². The number of sulfone groups is 1. The number of anilines is 2. The number of carbonyl (C=O) groups excluding carboxylic acids is 1. The third kappa shape index (κ3) is 5.75. The lowest BCUT2D eigenvalue weighted by Crippen LogP contribution is -2.35. The minimum Gasteiger partial charge on any atom is -0.491 e. The average molecular weight is 498 g/mol. The highest BCUT2D eigenvalue weighted by atomic mass is 32.2. The van der Waals surface area contributed by atoms with Crippen LogP contribution in [0.15, 0.2) is 30.6 Å². The Morgan fingerprint density at radius 2 is 2.03 bits per heavy atom. The number of hydrogen-bond acceptors (Lipinski definition) is 7. The number of nitrogens with one attached hydrogen (secondary N) is 3. The molecule has 1 atom stereocenters. The SMILES string of the molecule is CS(=O)(=O)CCCNC(=O)C1CCc2[nH]c3ncnc(Nc4ccccc4OCC4CC4)c3c2C1. The van der Waals surface area contributed by atoms with Gasteiger partial charge in [0.1, 0.15) is 33.4 Å². The molecule has 1 fully saturated rings. The number of rotatable bonds is 10. The van der Waals surface area contributed by atoms with Crippen LogP contribution in [0.1, 0.15) is 36.9 Å². The average Bonchev–Trinajstić information content (AvgIpc) is 3.58. The quantitative estimate of drug-likeness (QED) is 0.367. The van der Waals surface area contributed by atoms with Crippen molar-refractivity contribution in [3.8, 4) is 5.75 Å². The van der Waals surface area contributed by atoms with Crippen LogP contribution in [-0.2, 0) is 27.5 Å². The lowest BCUT2D eigenvalue weighted by atomic mass is 9.86. The van der Waals surface area contributed by atoms with E-state index in [2.05, 4.69) is 25.6 Å². The summed E-state index contributed by atoms with van der Waals surface area (Å²) in [7, 11) is -3.03. The highest BCUT2D eigenvalue weighted by Gasteiger charge is 2.29. The van der Waals surface area contributed by atoms with Gasteiger partial charge in [-0.15, -0.1) is 0 Å². The maximum Gasteiger partial charge on any atom is 0.223 e. The molecule has 0 spiro atoms. The molecule has 5 rings (SSSR count). The number of nitrogens with zero attached hydrogens (tertiary/aromatic N) is 2. The van der Waals surface area contributed by atoms with E-state index in [-0.39, 0.29) is 17.6 Å². The number of amides is 1. The molecule has 1 aromatic carbocycles. The number of aromatic amines is 1. The molecular formula is C25H31N5O4S. The minimum atomic E-state index is -3.03. The number of para-hydroxylation sites is 2. The summed E-state index contributed by atoms with van der Waals surface area (Å²) in [5.41, 5.74) is 3.74. The van der Waals surface area contributed by atoms with E-state index in [1.807, 2.05) is 24.3 Å². The summed E-state index contributed by atoms with van der Waals surface area (Å²) < 4.78 is 28.7. The largest absolute Gasteiger partial charge is 0.491 e. The van der Waals surface area contributed by atoms with E-state index in [4.69, 9.17) is 4.74 Å². The van der Waals surface area contributed by atoms with E-state index in [1.54, 1.807) is 0 Å². The summed E-state index contributed by atoms with van der Waals surface area (Å²) in [4.78, 5) is 25.2. The number of H-pyrrole nitrogens is 1. The fraction of sp³-hybridized carbons (Fsp3) is 0.480. The molecule has 0 radical (unpaired) electrons. The molecule has 0 saturated heterocycles. The third-order valence-electron chi connectivity index (χ3n) is 6.65. The molecule has 1 unspecified atom stereocenters. The number of ether oxygens (including phenoxy) is 1. The molecule has 2 heterocycles. The predicted octanol–water partition coefficient (Wildman–Crippen LogP) is 3.15. The van der Waals surface area contributed by atoms with Crippen LogP contribution < -0.4 is 15.4 Å². The lowest BCUT2D eigenvalue weighted by Gasteiger charge is -2.22. The second kappa shape index (κ2) is 9.85. The van der Waals surface area contributed by atoms with Crippen molar-refractivity contribution in [3.63, 3.8) is 0 Å². The topological polar surface area (TPSA) is 126 Å². The van der Waals surface area contributed by atoms with Crippen molar-refractivity contribution in [1.82, 2.24) is 20.3 Å². The van der Waals surface area contributed by atoms with Crippen LogP contribution in [0, 0.1) is 11.8 Å². The Morgan fingerprint density at radius 1 is 1.20 bits per heavy atom. The number of aromatic nitrogens is 3. The summed E-state index contributed by atoms with van der Waals surface area (Å²) in [5.74, 6) is 1.99. The number of fused-ring (bicyclic) bond motifs is 3. The van der Waals surface area contributed by atoms with Gasteiger partial charge in [-0.2, -0.15) is 0 Å². The monoisotopic (exact) mass is 497 g/mol. The second-order valence-corrected chi connectivity index (χ2v) is 11.9. The smallest absolute Gasteiger partial charge is 0.223 e.